The summed E-state index contributed by atoms with van der Waals surface area (Å²) in [6.45, 7) is 4.01. The van der Waals surface area contributed by atoms with Crippen LogP contribution in [0, 0.1) is 12.7 Å². The number of halogens is 1. The van der Waals surface area contributed by atoms with Crippen LogP contribution in [0.2, 0.25) is 0 Å². The van der Waals surface area contributed by atoms with Crippen molar-refractivity contribution in [1.82, 2.24) is 20.2 Å². The molecule has 2 N–H and O–H groups in total. The van der Waals surface area contributed by atoms with Crippen LogP contribution in [0.25, 0.3) is 11.4 Å². The number of aromatic nitrogens is 4. The predicted molar refractivity (Wildman–Crippen MR) is 80.5 cm³/mol. The molecule has 0 fully saturated rings. The van der Waals surface area contributed by atoms with Crippen molar-refractivity contribution in [3.8, 4) is 11.4 Å². The summed E-state index contributed by atoms with van der Waals surface area (Å²) < 4.78 is 27.1. The molecular weight excluding hydrogens is 293 g/mol. The summed E-state index contributed by atoms with van der Waals surface area (Å²) in [7, 11) is -0.911. The third kappa shape index (κ3) is 3.44. The van der Waals surface area contributed by atoms with E-state index in [-0.39, 0.29) is 16.6 Å². The average Bonchev–Trinajstić information content (AvgIpc) is 2.88. The number of nitrogens with zero attached hydrogens (tertiary/aromatic N) is 4. The fraction of sp³-hybridized carbons (Fsp3) is 0.462. The van der Waals surface area contributed by atoms with Gasteiger partial charge in [-0.3, -0.25) is 4.21 Å². The van der Waals surface area contributed by atoms with Gasteiger partial charge in [-0.25, -0.2) is 9.07 Å². The van der Waals surface area contributed by atoms with E-state index in [0.29, 0.717) is 30.0 Å². The third-order valence-corrected chi connectivity index (χ3v) is 4.73. The van der Waals surface area contributed by atoms with Crippen LogP contribution in [0.5, 0.6) is 0 Å². The lowest BCUT2D eigenvalue weighted by Crippen LogP contribution is -2.14. The fourth-order valence-corrected chi connectivity index (χ4v) is 2.42. The molecule has 1 aromatic carbocycles. The molecular formula is C13H18FN5OS. The molecule has 21 heavy (non-hydrogen) atoms. The number of hydrogen-bond acceptors (Lipinski definition) is 5. The van der Waals surface area contributed by atoms with E-state index >= 15 is 0 Å². The van der Waals surface area contributed by atoms with Crippen LogP contribution in [0.1, 0.15) is 18.9 Å². The lowest BCUT2D eigenvalue weighted by atomic mass is 10.1. The summed E-state index contributed by atoms with van der Waals surface area (Å²) in [5, 5.41) is 11.4. The summed E-state index contributed by atoms with van der Waals surface area (Å²) in [5.41, 5.74) is 6.95. The van der Waals surface area contributed by atoms with Gasteiger partial charge in [0.25, 0.3) is 0 Å². The molecule has 0 aliphatic rings. The van der Waals surface area contributed by atoms with E-state index in [4.69, 9.17) is 5.73 Å². The standard InChI is InChI=1S/C13H18FN5OS/c1-8-6-10(15)7-11(12(8)14)13-16-17-18-19(13)5-4-9(2)21(3)20/h6-7,9H,4-5,15H2,1-3H3. The molecule has 1 aromatic heterocycles. The van der Waals surface area contributed by atoms with Crippen molar-refractivity contribution in [3.63, 3.8) is 0 Å². The summed E-state index contributed by atoms with van der Waals surface area (Å²) in [5.74, 6) is -0.0515. The zero-order valence-electron chi connectivity index (χ0n) is 12.2. The normalized spacial score (nSPS) is 14.1. The second-order valence-corrected chi connectivity index (χ2v) is 6.82. The molecule has 0 radical (unpaired) electrons. The second-order valence-electron chi connectivity index (χ2n) is 5.02. The van der Waals surface area contributed by atoms with Crippen LogP contribution in [0.3, 0.4) is 0 Å². The molecule has 0 amide bonds. The van der Waals surface area contributed by atoms with Gasteiger partial charge in [0.05, 0.1) is 5.56 Å². The number of nitrogens with two attached hydrogens (primary N) is 1. The van der Waals surface area contributed by atoms with E-state index < -0.39 is 10.8 Å². The first-order valence-electron chi connectivity index (χ1n) is 6.54. The molecule has 0 aliphatic heterocycles. The maximum atomic E-state index is 14.2. The molecule has 0 saturated carbocycles. The first-order chi connectivity index (χ1) is 9.90. The lowest BCUT2D eigenvalue weighted by Gasteiger charge is -2.10. The number of aryl methyl sites for hydroxylation is 2. The average molecular weight is 311 g/mol. The molecule has 0 aliphatic carbocycles. The summed E-state index contributed by atoms with van der Waals surface area (Å²) >= 11 is 0. The molecule has 2 atom stereocenters. The van der Waals surface area contributed by atoms with Crippen molar-refractivity contribution in [2.45, 2.75) is 32.1 Å². The highest BCUT2D eigenvalue weighted by Gasteiger charge is 2.17. The Labute approximate surface area is 125 Å². The van der Waals surface area contributed by atoms with Gasteiger partial charge < -0.3 is 5.73 Å². The second kappa shape index (κ2) is 6.30. The molecule has 6 nitrogen and oxygen atoms in total. The van der Waals surface area contributed by atoms with Crippen LogP contribution >= 0.6 is 0 Å². The minimum Gasteiger partial charge on any atom is -0.399 e. The molecule has 2 rings (SSSR count). The Morgan fingerprint density at radius 3 is 2.86 bits per heavy atom. The van der Waals surface area contributed by atoms with Crippen molar-refractivity contribution < 1.29 is 8.60 Å². The summed E-state index contributed by atoms with van der Waals surface area (Å²) in [6, 6.07) is 3.08. The van der Waals surface area contributed by atoms with Gasteiger partial charge in [-0.05, 0) is 41.5 Å². The topological polar surface area (TPSA) is 86.7 Å². The Bertz CT molecular complexity index is 673. The number of anilines is 1. The lowest BCUT2D eigenvalue weighted by molar-refractivity contribution is 0.553. The fourth-order valence-electron chi connectivity index (χ4n) is 1.98. The summed E-state index contributed by atoms with van der Waals surface area (Å²) in [6.07, 6.45) is 2.30. The van der Waals surface area contributed by atoms with E-state index in [1.807, 2.05) is 6.92 Å². The Morgan fingerprint density at radius 1 is 1.48 bits per heavy atom. The van der Waals surface area contributed by atoms with Crippen molar-refractivity contribution in [2.24, 2.45) is 0 Å². The first-order valence-corrected chi connectivity index (χ1v) is 8.16. The Morgan fingerprint density at radius 2 is 2.19 bits per heavy atom. The van der Waals surface area contributed by atoms with Crippen molar-refractivity contribution >= 4 is 16.5 Å². The minimum absolute atomic E-state index is 0.0227. The van der Waals surface area contributed by atoms with Gasteiger partial charge in [0.1, 0.15) is 5.82 Å². The van der Waals surface area contributed by atoms with E-state index in [0.717, 1.165) is 0 Å². The Kier molecular flexibility index (Phi) is 4.66. The maximum Gasteiger partial charge on any atom is 0.185 e. The van der Waals surface area contributed by atoms with Gasteiger partial charge >= 0.3 is 0 Å². The molecule has 0 spiro atoms. The largest absolute Gasteiger partial charge is 0.399 e. The van der Waals surface area contributed by atoms with Gasteiger partial charge in [-0.1, -0.05) is 6.92 Å². The highest BCUT2D eigenvalue weighted by molar-refractivity contribution is 7.84. The Hall–Kier alpha value is -1.83. The van der Waals surface area contributed by atoms with Crippen LogP contribution in [-0.4, -0.2) is 35.9 Å². The van der Waals surface area contributed by atoms with Crippen LogP contribution < -0.4 is 5.73 Å². The molecule has 1 heterocycles. The third-order valence-electron chi connectivity index (χ3n) is 3.36. The van der Waals surface area contributed by atoms with Crippen molar-refractivity contribution in [3.05, 3.63) is 23.5 Å². The molecule has 0 saturated heterocycles. The quantitative estimate of drug-likeness (QED) is 0.846. The Balaban J connectivity index is 2.31. The van der Waals surface area contributed by atoms with E-state index in [1.165, 1.54) is 10.7 Å². The highest BCUT2D eigenvalue weighted by Crippen LogP contribution is 2.25. The van der Waals surface area contributed by atoms with Crippen LogP contribution in [0.15, 0.2) is 12.1 Å². The number of tetrazole rings is 1. The molecule has 2 aromatic rings. The zero-order chi connectivity index (χ0) is 15.6. The predicted octanol–water partition coefficient (Wildman–Crippen LogP) is 1.53. The SMILES string of the molecule is Cc1cc(N)cc(-c2nnnn2CCC(C)S(C)=O)c1F. The number of nitrogen functional groups attached to an aromatic ring is 1. The number of benzene rings is 1. The monoisotopic (exact) mass is 311 g/mol. The highest BCUT2D eigenvalue weighted by atomic mass is 32.2. The van der Waals surface area contributed by atoms with Crippen molar-refractivity contribution in [2.75, 3.05) is 12.0 Å². The van der Waals surface area contributed by atoms with Crippen LogP contribution in [0.4, 0.5) is 10.1 Å². The smallest absolute Gasteiger partial charge is 0.185 e. The van der Waals surface area contributed by atoms with Gasteiger partial charge in [0.15, 0.2) is 5.82 Å². The van der Waals surface area contributed by atoms with E-state index in [9.17, 15) is 8.60 Å². The molecule has 114 valence electrons. The number of hydrogen-bond donors (Lipinski definition) is 1. The maximum absolute atomic E-state index is 14.2. The van der Waals surface area contributed by atoms with Crippen LogP contribution in [-0.2, 0) is 17.3 Å². The summed E-state index contributed by atoms with van der Waals surface area (Å²) in [4.78, 5) is 0. The van der Waals surface area contributed by atoms with Crippen molar-refractivity contribution in [1.29, 1.82) is 0 Å². The van der Waals surface area contributed by atoms with Gasteiger partial charge in [-0.15, -0.1) is 5.10 Å². The minimum atomic E-state index is -0.911. The van der Waals surface area contributed by atoms with Gasteiger partial charge in [0, 0.05) is 34.5 Å². The van der Waals surface area contributed by atoms with E-state index in [2.05, 4.69) is 15.5 Å². The molecule has 0 bridgehead atoms. The first kappa shape index (κ1) is 15.6. The van der Waals surface area contributed by atoms with Gasteiger partial charge in [-0.2, -0.15) is 0 Å². The molecule has 8 heteroatoms. The van der Waals surface area contributed by atoms with E-state index in [1.54, 1.807) is 19.2 Å². The van der Waals surface area contributed by atoms with Gasteiger partial charge in [0.2, 0.25) is 0 Å². The molecule has 2 unspecified atom stereocenters. The zero-order valence-corrected chi connectivity index (χ0v) is 13.0. The number of rotatable bonds is 5.